The fourth-order valence-electron chi connectivity index (χ4n) is 5.06. The van der Waals surface area contributed by atoms with E-state index in [-0.39, 0.29) is 29.8 Å². The predicted molar refractivity (Wildman–Crippen MR) is 138 cm³/mol. The number of nitrogens with one attached hydrogen (secondary N) is 3. The highest BCUT2D eigenvalue weighted by Crippen LogP contribution is 2.38. The van der Waals surface area contributed by atoms with Gasteiger partial charge in [0, 0.05) is 35.8 Å². The summed E-state index contributed by atoms with van der Waals surface area (Å²) in [5, 5.41) is 6.34. The van der Waals surface area contributed by atoms with Crippen molar-refractivity contribution in [3.05, 3.63) is 36.3 Å². The maximum Gasteiger partial charge on any atom is 0.255 e. The average molecular weight is 504 g/mol. The molecule has 2 aromatic heterocycles. The van der Waals surface area contributed by atoms with Crippen LogP contribution in [0.1, 0.15) is 61.7 Å². The second kappa shape index (κ2) is 10.0. The van der Waals surface area contributed by atoms with E-state index in [1.165, 1.54) is 19.2 Å². The van der Waals surface area contributed by atoms with Crippen molar-refractivity contribution in [3.63, 3.8) is 0 Å². The Labute approximate surface area is 215 Å². The molecule has 2 amide bonds. The van der Waals surface area contributed by atoms with Gasteiger partial charge in [-0.3, -0.25) is 9.59 Å². The molecular weight excluding hydrogens is 470 g/mol. The highest BCUT2D eigenvalue weighted by Gasteiger charge is 2.32. The van der Waals surface area contributed by atoms with Gasteiger partial charge in [0.25, 0.3) is 5.91 Å². The molecule has 9 nitrogen and oxygen atoms in total. The fourth-order valence-corrected chi connectivity index (χ4v) is 5.06. The summed E-state index contributed by atoms with van der Waals surface area (Å²) in [7, 11) is 1.63. The van der Waals surface area contributed by atoms with Gasteiger partial charge in [0.15, 0.2) is 0 Å². The van der Waals surface area contributed by atoms with Crippen LogP contribution < -0.4 is 20.1 Å². The first-order chi connectivity index (χ1) is 18.1. The van der Waals surface area contributed by atoms with Crippen LogP contribution in [0.5, 0.6) is 11.5 Å². The lowest BCUT2D eigenvalue weighted by Gasteiger charge is -2.29. The van der Waals surface area contributed by atoms with Crippen LogP contribution in [0.3, 0.4) is 0 Å². The number of aromatic amines is 1. The lowest BCUT2D eigenvalue weighted by atomic mass is 9.91. The molecule has 0 unspecified atom stereocenters. The van der Waals surface area contributed by atoms with Crippen LogP contribution in [0.2, 0.25) is 0 Å². The molecule has 0 saturated heterocycles. The van der Waals surface area contributed by atoms with Gasteiger partial charge in [-0.25, -0.2) is 9.97 Å². The molecule has 0 aliphatic heterocycles. The average Bonchev–Trinajstić information content (AvgIpc) is 3.85. The number of H-pyrrole nitrogens is 1. The highest BCUT2D eigenvalue weighted by molar-refractivity contribution is 6.08. The number of methoxy groups -OCH3 is 1. The van der Waals surface area contributed by atoms with Gasteiger partial charge in [0.05, 0.1) is 24.8 Å². The van der Waals surface area contributed by atoms with E-state index in [1.807, 2.05) is 18.2 Å². The van der Waals surface area contributed by atoms with Crippen molar-refractivity contribution >= 4 is 22.8 Å². The summed E-state index contributed by atoms with van der Waals surface area (Å²) in [5.41, 5.74) is 3.29. The summed E-state index contributed by atoms with van der Waals surface area (Å²) < 4.78 is 11.6. The van der Waals surface area contributed by atoms with E-state index in [0.29, 0.717) is 46.3 Å². The molecule has 0 radical (unpaired) electrons. The van der Waals surface area contributed by atoms with E-state index >= 15 is 0 Å². The smallest absolute Gasteiger partial charge is 0.255 e. The number of nitrogens with zero attached hydrogens (tertiary/aromatic N) is 2. The third-order valence-corrected chi connectivity index (χ3v) is 7.68. The van der Waals surface area contributed by atoms with Crippen molar-refractivity contribution in [2.24, 2.45) is 11.8 Å². The van der Waals surface area contributed by atoms with Crippen molar-refractivity contribution < 1.29 is 19.1 Å². The molecule has 1 aromatic carbocycles. The number of hydrogen-bond acceptors (Lipinski definition) is 6. The molecule has 0 atom stereocenters. The normalized spacial score (nSPS) is 21.4. The first kappa shape index (κ1) is 23.8. The third-order valence-electron chi connectivity index (χ3n) is 7.68. The van der Waals surface area contributed by atoms with Gasteiger partial charge >= 0.3 is 0 Å². The number of rotatable bonds is 9. The zero-order valence-corrected chi connectivity index (χ0v) is 21.1. The molecule has 194 valence electrons. The molecular formula is C28H33N5O4. The van der Waals surface area contributed by atoms with Crippen LogP contribution in [0, 0.1) is 11.8 Å². The van der Waals surface area contributed by atoms with Crippen molar-refractivity contribution in [2.45, 2.75) is 63.5 Å². The SMILES string of the molecule is COc1ccc(-c2ncnc3c(C(=O)N[C@H]4CC[C@@H](NC(=O)C5CC5)CC4)c[nH]c23)c(OCC2CC2)c1. The first-order valence-electron chi connectivity index (χ1n) is 13.3. The summed E-state index contributed by atoms with van der Waals surface area (Å²) in [6.45, 7) is 0.666. The maximum atomic E-state index is 13.2. The molecule has 3 saturated carbocycles. The zero-order valence-electron chi connectivity index (χ0n) is 21.1. The van der Waals surface area contributed by atoms with Gasteiger partial charge in [0.2, 0.25) is 5.91 Å². The number of fused-ring (bicyclic) bond motifs is 1. The monoisotopic (exact) mass is 503 g/mol. The third kappa shape index (κ3) is 5.26. The van der Waals surface area contributed by atoms with E-state index < -0.39 is 0 Å². The van der Waals surface area contributed by atoms with E-state index in [0.717, 1.165) is 44.1 Å². The molecule has 0 spiro atoms. The summed E-state index contributed by atoms with van der Waals surface area (Å²) >= 11 is 0. The Morgan fingerprint density at radius 3 is 2.46 bits per heavy atom. The molecule has 2 heterocycles. The summed E-state index contributed by atoms with van der Waals surface area (Å²) in [4.78, 5) is 37.5. The van der Waals surface area contributed by atoms with Crippen molar-refractivity contribution in [1.29, 1.82) is 0 Å². The second-order valence-corrected chi connectivity index (χ2v) is 10.6. The number of hydrogen-bond donors (Lipinski definition) is 3. The van der Waals surface area contributed by atoms with E-state index in [2.05, 4.69) is 25.6 Å². The highest BCUT2D eigenvalue weighted by atomic mass is 16.5. The Morgan fingerprint density at radius 2 is 1.76 bits per heavy atom. The van der Waals surface area contributed by atoms with Crippen molar-refractivity contribution in [1.82, 2.24) is 25.6 Å². The van der Waals surface area contributed by atoms with Gasteiger partial charge in [-0.05, 0) is 69.4 Å². The minimum Gasteiger partial charge on any atom is -0.497 e. The molecule has 0 bridgehead atoms. The fraction of sp³-hybridized carbons (Fsp3) is 0.500. The molecule has 3 aromatic rings. The lowest BCUT2D eigenvalue weighted by molar-refractivity contribution is -0.123. The summed E-state index contributed by atoms with van der Waals surface area (Å²) in [6, 6.07) is 5.99. The largest absolute Gasteiger partial charge is 0.497 e. The number of carbonyl (C=O) groups is 2. The molecule has 9 heteroatoms. The molecule has 3 N–H and O–H groups in total. The number of amides is 2. The predicted octanol–water partition coefficient (Wildman–Crippen LogP) is 3.99. The van der Waals surface area contributed by atoms with Crippen LogP contribution in [-0.4, -0.2) is 52.6 Å². The molecule has 3 aliphatic rings. The van der Waals surface area contributed by atoms with Crippen LogP contribution in [0.4, 0.5) is 0 Å². The Kier molecular flexibility index (Phi) is 6.44. The van der Waals surface area contributed by atoms with E-state index in [9.17, 15) is 9.59 Å². The second-order valence-electron chi connectivity index (χ2n) is 10.6. The lowest BCUT2D eigenvalue weighted by Crippen LogP contribution is -2.44. The van der Waals surface area contributed by atoms with Gasteiger partial charge in [0.1, 0.15) is 29.0 Å². The quantitative estimate of drug-likeness (QED) is 0.406. The minimum atomic E-state index is -0.152. The van der Waals surface area contributed by atoms with Crippen LogP contribution in [0.25, 0.3) is 22.3 Å². The zero-order chi connectivity index (χ0) is 25.4. The van der Waals surface area contributed by atoms with Gasteiger partial charge in [-0.15, -0.1) is 0 Å². The number of benzene rings is 1. The molecule has 3 aliphatic carbocycles. The molecule has 37 heavy (non-hydrogen) atoms. The van der Waals surface area contributed by atoms with Crippen molar-refractivity contribution in [2.75, 3.05) is 13.7 Å². The minimum absolute atomic E-state index is 0.0804. The van der Waals surface area contributed by atoms with Gasteiger partial charge in [-0.2, -0.15) is 0 Å². The summed E-state index contributed by atoms with van der Waals surface area (Å²) in [6.07, 6.45) is 11.1. The Bertz CT molecular complexity index is 1310. The molecule has 6 rings (SSSR count). The topological polar surface area (TPSA) is 118 Å². The Morgan fingerprint density at radius 1 is 1.00 bits per heavy atom. The van der Waals surface area contributed by atoms with Crippen molar-refractivity contribution in [3.8, 4) is 22.8 Å². The first-order valence-corrected chi connectivity index (χ1v) is 13.3. The van der Waals surface area contributed by atoms with Crippen LogP contribution in [-0.2, 0) is 4.79 Å². The van der Waals surface area contributed by atoms with E-state index in [4.69, 9.17) is 9.47 Å². The number of ether oxygens (including phenoxy) is 2. The number of aromatic nitrogens is 3. The standard InChI is InChI=1S/C28H33N5O4/c1-36-20-10-11-21(23(12-20)37-14-16-2-3-16)24-26-25(31-15-30-24)22(13-29-26)28(35)33-19-8-6-18(7-9-19)32-27(34)17-4-5-17/h10-13,15-19,29H,2-9,14H2,1H3,(H,32,34)(H,33,35)/t18-,19+. The van der Waals surface area contributed by atoms with Gasteiger partial charge in [-0.1, -0.05) is 0 Å². The number of carbonyl (C=O) groups excluding carboxylic acids is 2. The Hall–Kier alpha value is -3.62. The maximum absolute atomic E-state index is 13.2. The molecule has 3 fully saturated rings. The summed E-state index contributed by atoms with van der Waals surface area (Å²) in [5.74, 6) is 2.30. The van der Waals surface area contributed by atoms with E-state index in [1.54, 1.807) is 13.3 Å². The van der Waals surface area contributed by atoms with Crippen LogP contribution in [0.15, 0.2) is 30.7 Å². The Balaban J connectivity index is 1.17. The van der Waals surface area contributed by atoms with Gasteiger partial charge < -0.3 is 25.1 Å². The van der Waals surface area contributed by atoms with Crippen LogP contribution >= 0.6 is 0 Å².